The van der Waals surface area contributed by atoms with E-state index >= 15 is 0 Å². The number of nitrogens with one attached hydrogen (secondary N) is 1. The lowest BCUT2D eigenvalue weighted by atomic mass is 10.1. The topological polar surface area (TPSA) is 28.7 Å². The fraction of sp³-hybridized carbons (Fsp3) is 0.300. The second-order valence-corrected chi connectivity index (χ2v) is 4.89. The maximum atomic E-state index is 6.24. The molecule has 2 aromatic heterocycles. The molecule has 2 nitrogen and oxygen atoms in total. The summed E-state index contributed by atoms with van der Waals surface area (Å²) in [6.45, 7) is 0. The molecule has 1 aliphatic rings. The lowest BCUT2D eigenvalue weighted by molar-refractivity contribution is 1.15. The van der Waals surface area contributed by atoms with E-state index < -0.39 is 0 Å². The first kappa shape index (κ1) is 8.74. The minimum atomic E-state index is 0.692. The van der Waals surface area contributed by atoms with Crippen LogP contribution in [0.5, 0.6) is 0 Å². The van der Waals surface area contributed by atoms with Gasteiger partial charge < -0.3 is 4.98 Å². The number of fused-ring (bicyclic) bond motifs is 1. The van der Waals surface area contributed by atoms with E-state index in [0.29, 0.717) is 5.92 Å². The Balaban J connectivity index is 2.36. The van der Waals surface area contributed by atoms with Crippen LogP contribution in [0, 0.1) is 0 Å². The quantitative estimate of drug-likeness (QED) is 0.838. The summed E-state index contributed by atoms with van der Waals surface area (Å²) >= 11 is 9.63. The second-order valence-electron chi connectivity index (χ2n) is 3.66. The Morgan fingerprint density at radius 3 is 3.00 bits per heavy atom. The predicted molar refractivity (Wildman–Crippen MR) is 60.8 cm³/mol. The molecular formula is C10H8BrClN2. The standard InChI is InChI=1S/C10H8BrClN2/c11-7-4-14-10-8(9(7)12)6(3-13-10)5-1-2-5/h3-5H,1-2H2,(H,13,14). The van der Waals surface area contributed by atoms with Crippen molar-refractivity contribution in [3.8, 4) is 0 Å². The summed E-state index contributed by atoms with van der Waals surface area (Å²) < 4.78 is 0.869. The van der Waals surface area contributed by atoms with Gasteiger partial charge in [0.15, 0.2) is 0 Å². The smallest absolute Gasteiger partial charge is 0.139 e. The lowest BCUT2D eigenvalue weighted by Gasteiger charge is -1.99. The molecule has 4 heteroatoms. The molecule has 1 aliphatic carbocycles. The predicted octanol–water partition coefficient (Wildman–Crippen LogP) is 3.86. The fourth-order valence-electron chi connectivity index (χ4n) is 1.77. The van der Waals surface area contributed by atoms with E-state index in [0.717, 1.165) is 20.5 Å². The maximum absolute atomic E-state index is 6.24. The van der Waals surface area contributed by atoms with Gasteiger partial charge in [-0.25, -0.2) is 4.98 Å². The van der Waals surface area contributed by atoms with Crippen molar-refractivity contribution in [2.24, 2.45) is 0 Å². The minimum absolute atomic E-state index is 0.692. The molecule has 1 fully saturated rings. The zero-order chi connectivity index (χ0) is 9.71. The molecule has 1 saturated carbocycles. The van der Waals surface area contributed by atoms with Gasteiger partial charge in [0, 0.05) is 17.8 Å². The Bertz CT molecular complexity index is 502. The average molecular weight is 272 g/mol. The molecule has 0 aromatic carbocycles. The first-order valence-electron chi connectivity index (χ1n) is 4.58. The zero-order valence-electron chi connectivity index (χ0n) is 7.35. The first-order valence-corrected chi connectivity index (χ1v) is 5.75. The van der Waals surface area contributed by atoms with Gasteiger partial charge in [-0.15, -0.1) is 0 Å². The van der Waals surface area contributed by atoms with Gasteiger partial charge in [0.05, 0.1) is 9.50 Å². The number of hydrogen-bond acceptors (Lipinski definition) is 1. The molecule has 3 rings (SSSR count). The maximum Gasteiger partial charge on any atom is 0.139 e. The summed E-state index contributed by atoms with van der Waals surface area (Å²) in [4.78, 5) is 7.45. The Labute approximate surface area is 94.8 Å². The first-order chi connectivity index (χ1) is 6.77. The molecule has 72 valence electrons. The van der Waals surface area contributed by atoms with Crippen molar-refractivity contribution in [1.29, 1.82) is 0 Å². The Morgan fingerprint density at radius 2 is 2.29 bits per heavy atom. The number of pyridine rings is 1. The summed E-state index contributed by atoms with van der Waals surface area (Å²) in [6, 6.07) is 0. The van der Waals surface area contributed by atoms with Gasteiger partial charge in [-0.3, -0.25) is 0 Å². The summed E-state index contributed by atoms with van der Waals surface area (Å²) in [6.07, 6.45) is 6.32. The molecule has 1 N–H and O–H groups in total. The van der Waals surface area contributed by atoms with Crippen LogP contribution in [-0.2, 0) is 0 Å². The van der Waals surface area contributed by atoms with E-state index in [1.54, 1.807) is 6.20 Å². The summed E-state index contributed by atoms with van der Waals surface area (Å²) in [5.74, 6) is 0.692. The molecule has 0 atom stereocenters. The molecule has 0 amide bonds. The summed E-state index contributed by atoms with van der Waals surface area (Å²) in [5.41, 5.74) is 2.21. The molecule has 2 heterocycles. The third-order valence-electron chi connectivity index (χ3n) is 2.64. The molecular weight excluding hydrogens is 263 g/mol. The Kier molecular flexibility index (Phi) is 1.86. The monoisotopic (exact) mass is 270 g/mol. The van der Waals surface area contributed by atoms with Crippen LogP contribution in [0.15, 0.2) is 16.9 Å². The van der Waals surface area contributed by atoms with Gasteiger partial charge in [0.25, 0.3) is 0 Å². The van der Waals surface area contributed by atoms with Gasteiger partial charge >= 0.3 is 0 Å². The van der Waals surface area contributed by atoms with Crippen LogP contribution in [-0.4, -0.2) is 9.97 Å². The highest BCUT2D eigenvalue weighted by molar-refractivity contribution is 9.10. The SMILES string of the molecule is Clc1c(Br)cnc2[nH]cc(C3CC3)c12. The number of hydrogen-bond donors (Lipinski definition) is 1. The van der Waals surface area contributed by atoms with Crippen molar-refractivity contribution in [2.45, 2.75) is 18.8 Å². The van der Waals surface area contributed by atoms with Gasteiger partial charge in [-0.2, -0.15) is 0 Å². The van der Waals surface area contributed by atoms with Crippen LogP contribution < -0.4 is 0 Å². The molecule has 14 heavy (non-hydrogen) atoms. The molecule has 0 saturated heterocycles. The molecule has 0 aliphatic heterocycles. The van der Waals surface area contributed by atoms with Gasteiger partial charge in [0.2, 0.25) is 0 Å². The average Bonchev–Trinajstić information content (AvgIpc) is 2.93. The molecule has 0 spiro atoms. The van der Waals surface area contributed by atoms with E-state index in [1.807, 2.05) is 6.20 Å². The van der Waals surface area contributed by atoms with Crippen LogP contribution in [0.25, 0.3) is 11.0 Å². The molecule has 0 radical (unpaired) electrons. The highest BCUT2D eigenvalue weighted by Crippen LogP contribution is 2.45. The zero-order valence-corrected chi connectivity index (χ0v) is 9.69. The van der Waals surface area contributed by atoms with Crippen molar-refractivity contribution < 1.29 is 0 Å². The highest BCUT2D eigenvalue weighted by atomic mass is 79.9. The van der Waals surface area contributed by atoms with Gasteiger partial charge in [0.1, 0.15) is 5.65 Å². The summed E-state index contributed by atoms with van der Waals surface area (Å²) in [5, 5.41) is 1.86. The molecule has 0 unspecified atom stereocenters. The fourth-order valence-corrected chi connectivity index (χ4v) is 2.32. The van der Waals surface area contributed by atoms with Crippen LogP contribution in [0.2, 0.25) is 5.02 Å². The van der Waals surface area contributed by atoms with Crippen molar-refractivity contribution >= 4 is 38.6 Å². The van der Waals surface area contributed by atoms with E-state index in [4.69, 9.17) is 11.6 Å². The number of H-pyrrole nitrogens is 1. The van der Waals surface area contributed by atoms with Crippen LogP contribution >= 0.6 is 27.5 Å². The molecule has 2 aromatic rings. The van der Waals surface area contributed by atoms with Crippen molar-refractivity contribution in [2.75, 3.05) is 0 Å². The van der Waals surface area contributed by atoms with E-state index in [9.17, 15) is 0 Å². The van der Waals surface area contributed by atoms with Gasteiger partial charge in [-0.05, 0) is 40.3 Å². The number of aromatic nitrogens is 2. The van der Waals surface area contributed by atoms with Gasteiger partial charge in [-0.1, -0.05) is 11.6 Å². The Morgan fingerprint density at radius 1 is 1.50 bits per heavy atom. The van der Waals surface area contributed by atoms with Crippen molar-refractivity contribution in [3.63, 3.8) is 0 Å². The lowest BCUT2D eigenvalue weighted by Crippen LogP contribution is -1.81. The van der Waals surface area contributed by atoms with Crippen molar-refractivity contribution in [3.05, 3.63) is 27.5 Å². The van der Waals surface area contributed by atoms with E-state index in [-0.39, 0.29) is 0 Å². The molecule has 0 bridgehead atoms. The van der Waals surface area contributed by atoms with Crippen LogP contribution in [0.1, 0.15) is 24.3 Å². The van der Waals surface area contributed by atoms with E-state index in [1.165, 1.54) is 18.4 Å². The number of nitrogens with zero attached hydrogens (tertiary/aromatic N) is 1. The third kappa shape index (κ3) is 1.19. The number of halogens is 2. The third-order valence-corrected chi connectivity index (χ3v) is 3.87. The largest absolute Gasteiger partial charge is 0.346 e. The van der Waals surface area contributed by atoms with Crippen LogP contribution in [0.3, 0.4) is 0 Å². The summed E-state index contributed by atoms with van der Waals surface area (Å²) in [7, 11) is 0. The normalized spacial score (nSPS) is 16.4. The van der Waals surface area contributed by atoms with Crippen molar-refractivity contribution in [1.82, 2.24) is 9.97 Å². The minimum Gasteiger partial charge on any atom is -0.346 e. The van der Waals surface area contributed by atoms with Crippen LogP contribution in [0.4, 0.5) is 0 Å². The highest BCUT2D eigenvalue weighted by Gasteiger charge is 2.27. The number of aromatic amines is 1. The second kappa shape index (κ2) is 2.97. The van der Waals surface area contributed by atoms with E-state index in [2.05, 4.69) is 25.9 Å². The Hall–Kier alpha value is -0.540. The number of rotatable bonds is 1.